The Kier molecular flexibility index (Phi) is 2.95. The number of nitro groups is 2. The van der Waals surface area contributed by atoms with Gasteiger partial charge in [-0.1, -0.05) is 0 Å². The van der Waals surface area contributed by atoms with Crippen LogP contribution in [0.5, 0.6) is 0 Å². The lowest BCUT2D eigenvalue weighted by Crippen LogP contribution is -2.04. The van der Waals surface area contributed by atoms with Crippen LogP contribution < -0.4 is 0 Å². The average Bonchev–Trinajstić information content (AvgIpc) is 2.67. The number of nitro benzene ring substituents is 2. The monoisotopic (exact) mass is 263 g/mol. The third-order valence-electron chi connectivity index (χ3n) is 2.47. The molecule has 0 aliphatic rings. The predicted octanol–water partition coefficient (Wildman–Crippen LogP) is 1.70. The van der Waals surface area contributed by atoms with Crippen LogP contribution >= 0.6 is 0 Å². The molecule has 0 saturated heterocycles. The summed E-state index contributed by atoms with van der Waals surface area (Å²) in [6.07, 6.45) is 0. The van der Waals surface area contributed by atoms with Gasteiger partial charge in [0.1, 0.15) is 17.3 Å². The van der Waals surface area contributed by atoms with Crippen molar-refractivity contribution in [3.8, 4) is 5.69 Å². The summed E-state index contributed by atoms with van der Waals surface area (Å²) in [5.41, 5.74) is -0.583. The van der Waals surface area contributed by atoms with Crippen molar-refractivity contribution >= 4 is 11.4 Å². The summed E-state index contributed by atoms with van der Waals surface area (Å²) < 4.78 is 1.29. The third kappa shape index (κ3) is 2.25. The second kappa shape index (κ2) is 4.44. The summed E-state index contributed by atoms with van der Waals surface area (Å²) in [6, 6.07) is 3.39. The fourth-order valence-electron chi connectivity index (χ4n) is 1.70. The number of rotatable bonds is 3. The molecule has 0 fully saturated rings. The summed E-state index contributed by atoms with van der Waals surface area (Å²) in [6.45, 7) is 3.30. The Morgan fingerprint density at radius 1 is 1.16 bits per heavy atom. The predicted molar refractivity (Wildman–Crippen MR) is 64.1 cm³/mol. The van der Waals surface area contributed by atoms with Gasteiger partial charge >= 0.3 is 5.69 Å². The molecule has 0 spiro atoms. The molecule has 98 valence electrons. The molecule has 0 radical (unpaired) electrons. The number of non-ortho nitro benzene ring substituents is 1. The molecule has 9 heteroatoms. The first-order valence-electron chi connectivity index (χ1n) is 5.23. The van der Waals surface area contributed by atoms with Gasteiger partial charge in [0, 0.05) is 6.07 Å². The molecule has 0 bridgehead atoms. The summed E-state index contributed by atoms with van der Waals surface area (Å²) in [5.74, 6) is 0.930. The smallest absolute Gasteiger partial charge is 0.258 e. The average molecular weight is 263 g/mol. The van der Waals surface area contributed by atoms with E-state index in [0.29, 0.717) is 11.6 Å². The van der Waals surface area contributed by atoms with E-state index >= 15 is 0 Å². The number of aryl methyl sites for hydroxylation is 2. The number of nitrogens with zero attached hydrogens (tertiary/aromatic N) is 5. The van der Waals surface area contributed by atoms with Gasteiger partial charge in [-0.15, -0.1) is 0 Å². The van der Waals surface area contributed by atoms with Crippen molar-refractivity contribution in [2.75, 3.05) is 0 Å². The second-order valence-corrected chi connectivity index (χ2v) is 3.81. The van der Waals surface area contributed by atoms with Crippen LogP contribution in [0.2, 0.25) is 0 Å². The van der Waals surface area contributed by atoms with Crippen molar-refractivity contribution in [1.82, 2.24) is 14.8 Å². The molecule has 0 N–H and O–H groups in total. The maximum atomic E-state index is 11.0. The van der Waals surface area contributed by atoms with Gasteiger partial charge in [-0.25, -0.2) is 9.67 Å². The molecular weight excluding hydrogens is 254 g/mol. The first kappa shape index (κ1) is 12.6. The van der Waals surface area contributed by atoms with E-state index in [4.69, 9.17) is 0 Å². The fourth-order valence-corrected chi connectivity index (χ4v) is 1.70. The summed E-state index contributed by atoms with van der Waals surface area (Å²) in [4.78, 5) is 24.3. The first-order valence-corrected chi connectivity index (χ1v) is 5.23. The van der Waals surface area contributed by atoms with E-state index in [0.717, 1.165) is 6.07 Å². The minimum absolute atomic E-state index is 0.147. The molecule has 0 unspecified atom stereocenters. The number of hydrogen-bond acceptors (Lipinski definition) is 6. The van der Waals surface area contributed by atoms with Crippen molar-refractivity contribution in [2.45, 2.75) is 13.8 Å². The Hall–Kier alpha value is -2.84. The van der Waals surface area contributed by atoms with E-state index in [-0.39, 0.29) is 17.1 Å². The van der Waals surface area contributed by atoms with Crippen LogP contribution in [-0.2, 0) is 0 Å². The molecular formula is C10H9N5O4. The number of benzene rings is 1. The van der Waals surface area contributed by atoms with Crippen molar-refractivity contribution in [3.05, 3.63) is 50.1 Å². The Labute approximate surface area is 106 Å². The molecule has 9 nitrogen and oxygen atoms in total. The van der Waals surface area contributed by atoms with Crippen molar-refractivity contribution in [3.63, 3.8) is 0 Å². The maximum absolute atomic E-state index is 11.0. The van der Waals surface area contributed by atoms with Crippen LogP contribution in [0.15, 0.2) is 18.2 Å². The fraction of sp³-hybridized carbons (Fsp3) is 0.200. The number of hydrogen-bond donors (Lipinski definition) is 0. The highest BCUT2D eigenvalue weighted by Gasteiger charge is 2.22. The van der Waals surface area contributed by atoms with Crippen LogP contribution in [0.3, 0.4) is 0 Å². The zero-order valence-corrected chi connectivity index (χ0v) is 10.1. The third-order valence-corrected chi connectivity index (χ3v) is 2.47. The maximum Gasteiger partial charge on any atom is 0.301 e. The van der Waals surface area contributed by atoms with Gasteiger partial charge in [-0.05, 0) is 19.9 Å². The highest BCUT2D eigenvalue weighted by Crippen LogP contribution is 2.27. The molecule has 2 rings (SSSR count). The minimum atomic E-state index is -0.684. The van der Waals surface area contributed by atoms with Crippen LogP contribution in [0.1, 0.15) is 11.6 Å². The van der Waals surface area contributed by atoms with Crippen LogP contribution in [0, 0.1) is 34.1 Å². The molecule has 0 aliphatic heterocycles. The lowest BCUT2D eigenvalue weighted by atomic mass is 10.2. The highest BCUT2D eigenvalue weighted by molar-refractivity contribution is 5.57. The Morgan fingerprint density at radius 2 is 1.84 bits per heavy atom. The van der Waals surface area contributed by atoms with E-state index in [1.807, 2.05) is 0 Å². The topological polar surface area (TPSA) is 117 Å². The van der Waals surface area contributed by atoms with Crippen LogP contribution in [0.4, 0.5) is 11.4 Å². The normalized spacial score (nSPS) is 10.4. The molecule has 0 saturated carbocycles. The van der Waals surface area contributed by atoms with E-state index in [9.17, 15) is 20.2 Å². The molecule has 1 aromatic heterocycles. The number of aromatic nitrogens is 3. The van der Waals surface area contributed by atoms with Crippen LogP contribution in [-0.4, -0.2) is 24.6 Å². The lowest BCUT2D eigenvalue weighted by Gasteiger charge is -2.03. The van der Waals surface area contributed by atoms with Gasteiger partial charge < -0.3 is 0 Å². The standard InChI is InChI=1S/C10H9N5O4/c1-6-11-7(2)13(12-6)9-4-3-8(14(16)17)5-10(9)15(18)19/h3-5H,1-2H3. The zero-order valence-electron chi connectivity index (χ0n) is 10.1. The SMILES string of the molecule is Cc1nc(C)n(-c2ccc([N+](=O)[O-])cc2[N+](=O)[O-])n1. The van der Waals surface area contributed by atoms with E-state index in [2.05, 4.69) is 10.1 Å². The largest absolute Gasteiger partial charge is 0.301 e. The van der Waals surface area contributed by atoms with Gasteiger partial charge in [0.05, 0.1) is 15.9 Å². The first-order chi connectivity index (χ1) is 8.90. The lowest BCUT2D eigenvalue weighted by molar-refractivity contribution is -0.394. The Balaban J connectivity index is 2.66. The van der Waals surface area contributed by atoms with E-state index < -0.39 is 9.85 Å². The molecule has 0 amide bonds. The van der Waals surface area contributed by atoms with Crippen molar-refractivity contribution in [2.24, 2.45) is 0 Å². The van der Waals surface area contributed by atoms with Gasteiger partial charge in [0.15, 0.2) is 0 Å². The van der Waals surface area contributed by atoms with Gasteiger partial charge in [0.25, 0.3) is 5.69 Å². The Morgan fingerprint density at radius 3 is 2.32 bits per heavy atom. The van der Waals surface area contributed by atoms with Gasteiger partial charge in [-0.3, -0.25) is 20.2 Å². The van der Waals surface area contributed by atoms with Gasteiger partial charge in [0.2, 0.25) is 0 Å². The van der Waals surface area contributed by atoms with E-state index in [1.165, 1.54) is 16.8 Å². The summed E-state index contributed by atoms with van der Waals surface area (Å²) in [7, 11) is 0. The summed E-state index contributed by atoms with van der Waals surface area (Å²) in [5, 5.41) is 25.7. The minimum Gasteiger partial charge on any atom is -0.258 e. The van der Waals surface area contributed by atoms with E-state index in [1.54, 1.807) is 13.8 Å². The Bertz CT molecular complexity index is 679. The molecule has 1 heterocycles. The van der Waals surface area contributed by atoms with Crippen LogP contribution in [0.25, 0.3) is 5.69 Å². The molecule has 19 heavy (non-hydrogen) atoms. The highest BCUT2D eigenvalue weighted by atomic mass is 16.6. The molecule has 0 atom stereocenters. The second-order valence-electron chi connectivity index (χ2n) is 3.81. The van der Waals surface area contributed by atoms with Crippen molar-refractivity contribution < 1.29 is 9.85 Å². The molecule has 2 aromatic rings. The zero-order chi connectivity index (χ0) is 14.2. The molecule has 1 aromatic carbocycles. The molecule has 0 aliphatic carbocycles. The van der Waals surface area contributed by atoms with Gasteiger partial charge in [-0.2, -0.15) is 5.10 Å². The van der Waals surface area contributed by atoms with Crippen molar-refractivity contribution in [1.29, 1.82) is 0 Å². The summed E-state index contributed by atoms with van der Waals surface area (Å²) >= 11 is 0. The quantitative estimate of drug-likeness (QED) is 0.614.